The van der Waals surface area contributed by atoms with Crippen LogP contribution in [0.4, 0.5) is 11.6 Å². The van der Waals surface area contributed by atoms with Gasteiger partial charge in [0, 0.05) is 18.0 Å². The van der Waals surface area contributed by atoms with Crippen LogP contribution in [0.5, 0.6) is 0 Å². The molecule has 0 aliphatic heterocycles. The van der Waals surface area contributed by atoms with Gasteiger partial charge in [-0.05, 0) is 12.8 Å². The fourth-order valence-corrected chi connectivity index (χ4v) is 2.56. The Balaban J connectivity index is 2.19. The summed E-state index contributed by atoms with van der Waals surface area (Å²) in [7, 11) is 1.88. The molecule has 0 saturated heterocycles. The molecule has 2 aromatic heterocycles. The molecule has 0 fully saturated rings. The molecule has 2 heterocycles. The van der Waals surface area contributed by atoms with E-state index in [4.69, 9.17) is 0 Å². The van der Waals surface area contributed by atoms with Gasteiger partial charge in [0.25, 0.3) is 0 Å². The molecule has 0 radical (unpaired) electrons. The van der Waals surface area contributed by atoms with Crippen LogP contribution in [0.2, 0.25) is 0 Å². The fraction of sp³-hybridized carbons (Fsp3) is 0.462. The Morgan fingerprint density at radius 1 is 1.26 bits per heavy atom. The molecule has 0 aliphatic rings. The second kappa shape index (κ2) is 5.97. The van der Waals surface area contributed by atoms with Crippen LogP contribution in [0.15, 0.2) is 11.7 Å². The van der Waals surface area contributed by atoms with Crippen LogP contribution in [-0.2, 0) is 6.54 Å². The average Bonchev–Trinajstić information content (AvgIpc) is 2.81. The van der Waals surface area contributed by atoms with Crippen LogP contribution in [0.1, 0.15) is 36.0 Å². The highest BCUT2D eigenvalue weighted by atomic mass is 32.1. The van der Waals surface area contributed by atoms with Gasteiger partial charge < -0.3 is 10.6 Å². The number of hydrogen-bond acceptors (Lipinski definition) is 6. The molecule has 6 heteroatoms. The monoisotopic (exact) mass is 277 g/mol. The van der Waals surface area contributed by atoms with Crippen molar-refractivity contribution < 1.29 is 0 Å². The van der Waals surface area contributed by atoms with Gasteiger partial charge in [0.15, 0.2) is 0 Å². The van der Waals surface area contributed by atoms with Crippen LogP contribution in [0.3, 0.4) is 0 Å². The minimum atomic E-state index is 0.350. The first-order valence-electron chi connectivity index (χ1n) is 6.29. The van der Waals surface area contributed by atoms with Crippen molar-refractivity contribution in [2.45, 2.75) is 33.2 Å². The minimum Gasteiger partial charge on any atom is -0.373 e. The predicted octanol–water partition coefficient (Wildman–Crippen LogP) is 3.02. The highest BCUT2D eigenvalue weighted by Crippen LogP contribution is 2.28. The molecule has 2 aromatic rings. The summed E-state index contributed by atoms with van der Waals surface area (Å²) in [6.07, 6.45) is 1.58. The van der Waals surface area contributed by atoms with E-state index in [0.717, 1.165) is 27.9 Å². The van der Waals surface area contributed by atoms with Gasteiger partial charge in [0.1, 0.15) is 18.0 Å². The first kappa shape index (κ1) is 13.7. The van der Waals surface area contributed by atoms with E-state index in [1.165, 1.54) is 0 Å². The van der Waals surface area contributed by atoms with Gasteiger partial charge >= 0.3 is 0 Å². The second-order valence-electron chi connectivity index (χ2n) is 4.60. The standard InChI is InChI=1S/C13H19N5S/c1-8(2)11-12(14-4)16-7-17-13(11)15-5-10-6-19-9(3)18-10/h6-8H,5H2,1-4H3,(H2,14,15,16,17). The molecule has 2 N–H and O–H groups in total. The largest absolute Gasteiger partial charge is 0.373 e. The van der Waals surface area contributed by atoms with Crippen LogP contribution in [-0.4, -0.2) is 22.0 Å². The molecule has 0 aromatic carbocycles. The maximum Gasteiger partial charge on any atom is 0.135 e. The van der Waals surface area contributed by atoms with E-state index in [-0.39, 0.29) is 0 Å². The predicted molar refractivity (Wildman–Crippen MR) is 79.8 cm³/mol. The second-order valence-corrected chi connectivity index (χ2v) is 5.66. The van der Waals surface area contributed by atoms with Crippen LogP contribution in [0.25, 0.3) is 0 Å². The zero-order valence-electron chi connectivity index (χ0n) is 11.7. The van der Waals surface area contributed by atoms with Gasteiger partial charge in [-0.15, -0.1) is 11.3 Å². The zero-order chi connectivity index (χ0) is 13.8. The highest BCUT2D eigenvalue weighted by Gasteiger charge is 2.14. The Hall–Kier alpha value is -1.69. The SMILES string of the molecule is CNc1ncnc(NCc2csc(C)n2)c1C(C)C. The van der Waals surface area contributed by atoms with Crippen molar-refractivity contribution in [3.05, 3.63) is 28.0 Å². The van der Waals surface area contributed by atoms with Crippen LogP contribution in [0, 0.1) is 6.92 Å². The Labute approximate surface area is 117 Å². The molecule has 0 atom stereocenters. The summed E-state index contributed by atoms with van der Waals surface area (Å²) in [4.78, 5) is 13.0. The van der Waals surface area contributed by atoms with Crippen molar-refractivity contribution in [3.8, 4) is 0 Å². The normalized spacial score (nSPS) is 10.8. The van der Waals surface area contributed by atoms with E-state index in [1.807, 2.05) is 14.0 Å². The number of hydrogen-bond donors (Lipinski definition) is 2. The average molecular weight is 277 g/mol. The van der Waals surface area contributed by atoms with Crippen LogP contribution < -0.4 is 10.6 Å². The Morgan fingerprint density at radius 3 is 2.58 bits per heavy atom. The number of anilines is 2. The van der Waals surface area contributed by atoms with Crippen molar-refractivity contribution in [3.63, 3.8) is 0 Å². The molecular formula is C13H19N5S. The summed E-state index contributed by atoms with van der Waals surface area (Å²) < 4.78 is 0. The van der Waals surface area contributed by atoms with Crippen LogP contribution >= 0.6 is 11.3 Å². The minimum absolute atomic E-state index is 0.350. The maximum absolute atomic E-state index is 4.44. The summed E-state index contributed by atoms with van der Waals surface area (Å²) in [6, 6.07) is 0. The molecule has 0 saturated carbocycles. The molecular weight excluding hydrogens is 258 g/mol. The Morgan fingerprint density at radius 2 is 2.00 bits per heavy atom. The first-order chi connectivity index (χ1) is 9.11. The molecule has 0 bridgehead atoms. The van der Waals surface area contributed by atoms with E-state index in [0.29, 0.717) is 12.5 Å². The van der Waals surface area contributed by atoms with Gasteiger partial charge in [0.2, 0.25) is 0 Å². The lowest BCUT2D eigenvalue weighted by atomic mass is 10.0. The van der Waals surface area contributed by atoms with E-state index >= 15 is 0 Å². The molecule has 102 valence electrons. The molecule has 0 aliphatic carbocycles. The number of aromatic nitrogens is 3. The van der Waals surface area contributed by atoms with Gasteiger partial charge in [-0.1, -0.05) is 13.8 Å². The lowest BCUT2D eigenvalue weighted by molar-refractivity contribution is 0.845. The number of aryl methyl sites for hydroxylation is 1. The van der Waals surface area contributed by atoms with Gasteiger partial charge in [-0.3, -0.25) is 0 Å². The number of thiazole rings is 1. The fourth-order valence-electron chi connectivity index (χ4n) is 1.95. The molecule has 0 amide bonds. The third kappa shape index (κ3) is 3.20. The van der Waals surface area contributed by atoms with E-state index in [9.17, 15) is 0 Å². The Bertz CT molecular complexity index is 550. The molecule has 0 spiro atoms. The third-order valence-electron chi connectivity index (χ3n) is 2.80. The topological polar surface area (TPSA) is 62.7 Å². The zero-order valence-corrected chi connectivity index (χ0v) is 12.5. The van der Waals surface area contributed by atoms with Gasteiger partial charge in [0.05, 0.1) is 17.2 Å². The number of nitrogens with one attached hydrogen (secondary N) is 2. The molecule has 19 heavy (non-hydrogen) atoms. The quantitative estimate of drug-likeness (QED) is 0.879. The highest BCUT2D eigenvalue weighted by molar-refractivity contribution is 7.09. The van der Waals surface area contributed by atoms with Crippen molar-refractivity contribution in [1.82, 2.24) is 15.0 Å². The van der Waals surface area contributed by atoms with Crippen molar-refractivity contribution >= 4 is 23.0 Å². The summed E-state index contributed by atoms with van der Waals surface area (Å²) in [5, 5.41) is 9.62. The van der Waals surface area contributed by atoms with Crippen molar-refractivity contribution in [1.29, 1.82) is 0 Å². The van der Waals surface area contributed by atoms with E-state index < -0.39 is 0 Å². The summed E-state index contributed by atoms with van der Waals surface area (Å²) in [5.74, 6) is 2.10. The van der Waals surface area contributed by atoms with Gasteiger partial charge in [-0.25, -0.2) is 15.0 Å². The lowest BCUT2D eigenvalue weighted by Crippen LogP contribution is -2.09. The van der Waals surface area contributed by atoms with Crippen molar-refractivity contribution in [2.24, 2.45) is 0 Å². The molecule has 2 rings (SSSR count). The number of rotatable bonds is 5. The lowest BCUT2D eigenvalue weighted by Gasteiger charge is -2.16. The molecule has 0 unspecified atom stereocenters. The van der Waals surface area contributed by atoms with Gasteiger partial charge in [-0.2, -0.15) is 0 Å². The maximum atomic E-state index is 4.44. The summed E-state index contributed by atoms with van der Waals surface area (Å²) in [6.45, 7) is 6.97. The summed E-state index contributed by atoms with van der Waals surface area (Å²) in [5.41, 5.74) is 2.15. The third-order valence-corrected chi connectivity index (χ3v) is 3.62. The van der Waals surface area contributed by atoms with E-state index in [2.05, 4.69) is 44.8 Å². The Kier molecular flexibility index (Phi) is 4.31. The van der Waals surface area contributed by atoms with Crippen molar-refractivity contribution in [2.75, 3.05) is 17.7 Å². The first-order valence-corrected chi connectivity index (χ1v) is 7.17. The summed E-state index contributed by atoms with van der Waals surface area (Å²) >= 11 is 1.66. The number of nitrogens with zero attached hydrogens (tertiary/aromatic N) is 3. The molecule has 5 nitrogen and oxygen atoms in total. The smallest absolute Gasteiger partial charge is 0.135 e. The van der Waals surface area contributed by atoms with E-state index in [1.54, 1.807) is 17.7 Å².